The summed E-state index contributed by atoms with van der Waals surface area (Å²) in [5, 5.41) is 2.99. The number of furan rings is 1. The van der Waals surface area contributed by atoms with Gasteiger partial charge in [0.05, 0.1) is 18.8 Å². The predicted octanol–water partition coefficient (Wildman–Crippen LogP) is 5.95. The molecular weight excluding hydrogens is 500 g/mol. The molecule has 4 aromatic rings. The number of anilines is 1. The van der Waals surface area contributed by atoms with Crippen LogP contribution < -0.4 is 5.32 Å². The lowest BCUT2D eigenvalue weighted by atomic mass is 9.96. The average molecular weight is 537 g/mol. The van der Waals surface area contributed by atoms with Crippen LogP contribution in [0.2, 0.25) is 0 Å². The molecule has 206 valence electrons. The van der Waals surface area contributed by atoms with Gasteiger partial charge in [0.2, 0.25) is 5.91 Å². The fourth-order valence-corrected chi connectivity index (χ4v) is 5.25. The van der Waals surface area contributed by atoms with E-state index in [-0.39, 0.29) is 24.4 Å². The van der Waals surface area contributed by atoms with Gasteiger partial charge in [0.1, 0.15) is 5.76 Å². The zero-order chi connectivity index (χ0) is 27.7. The number of benzene rings is 3. The highest BCUT2D eigenvalue weighted by atomic mass is 16.3. The van der Waals surface area contributed by atoms with E-state index >= 15 is 0 Å². The van der Waals surface area contributed by atoms with Crippen molar-refractivity contribution in [2.75, 3.05) is 38.0 Å². The molecule has 7 heteroatoms. The van der Waals surface area contributed by atoms with Crippen molar-refractivity contribution in [1.29, 1.82) is 0 Å². The summed E-state index contributed by atoms with van der Waals surface area (Å²) in [6.45, 7) is 5.42. The predicted molar refractivity (Wildman–Crippen MR) is 157 cm³/mol. The van der Waals surface area contributed by atoms with Crippen molar-refractivity contribution in [1.82, 2.24) is 14.7 Å². The maximum Gasteiger partial charge on any atom is 0.322 e. The summed E-state index contributed by atoms with van der Waals surface area (Å²) in [6, 6.07) is 32.3. The van der Waals surface area contributed by atoms with E-state index in [0.717, 1.165) is 24.3 Å². The molecule has 7 nitrogen and oxygen atoms in total. The molecule has 0 bridgehead atoms. The SMILES string of the molecule is Cc1ccccc1NC(=O)N(CCC(=O)N1CCN(C(c2ccccc2)c2ccccc2)CC1)Cc1ccco1. The van der Waals surface area contributed by atoms with Crippen LogP contribution in [0.3, 0.4) is 0 Å². The van der Waals surface area contributed by atoms with Crippen molar-refractivity contribution in [3.63, 3.8) is 0 Å². The molecular formula is C33H36N4O3. The van der Waals surface area contributed by atoms with Crippen LogP contribution in [-0.2, 0) is 11.3 Å². The van der Waals surface area contributed by atoms with Gasteiger partial charge < -0.3 is 19.5 Å². The lowest BCUT2D eigenvalue weighted by Gasteiger charge is -2.40. The van der Waals surface area contributed by atoms with E-state index in [4.69, 9.17) is 4.42 Å². The molecule has 0 spiro atoms. The number of amides is 3. The summed E-state index contributed by atoms with van der Waals surface area (Å²) in [6.07, 6.45) is 1.85. The van der Waals surface area contributed by atoms with Crippen LogP contribution in [0.5, 0.6) is 0 Å². The number of aryl methyl sites for hydroxylation is 1. The second kappa shape index (κ2) is 13.1. The number of urea groups is 1. The molecule has 0 saturated carbocycles. The molecule has 3 aromatic carbocycles. The molecule has 1 fully saturated rings. The number of carbonyl (C=O) groups is 2. The second-order valence-electron chi connectivity index (χ2n) is 10.1. The van der Waals surface area contributed by atoms with E-state index in [1.807, 2.05) is 54.3 Å². The van der Waals surface area contributed by atoms with Crippen LogP contribution >= 0.6 is 0 Å². The van der Waals surface area contributed by atoms with Crippen molar-refractivity contribution in [2.45, 2.75) is 25.9 Å². The zero-order valence-electron chi connectivity index (χ0n) is 22.9. The Morgan fingerprint density at radius 1 is 0.825 bits per heavy atom. The van der Waals surface area contributed by atoms with E-state index in [0.29, 0.717) is 31.9 Å². The summed E-state index contributed by atoms with van der Waals surface area (Å²) >= 11 is 0. The third-order valence-electron chi connectivity index (χ3n) is 7.46. The van der Waals surface area contributed by atoms with Gasteiger partial charge in [0, 0.05) is 44.8 Å². The first-order valence-electron chi connectivity index (χ1n) is 13.8. The Morgan fingerprint density at radius 3 is 2.05 bits per heavy atom. The minimum absolute atomic E-state index is 0.0590. The monoisotopic (exact) mass is 536 g/mol. The maximum absolute atomic E-state index is 13.3. The highest BCUT2D eigenvalue weighted by Gasteiger charge is 2.28. The fourth-order valence-electron chi connectivity index (χ4n) is 5.25. The number of nitrogens with one attached hydrogen (secondary N) is 1. The van der Waals surface area contributed by atoms with Crippen LogP contribution in [-0.4, -0.2) is 59.4 Å². The van der Waals surface area contributed by atoms with Crippen molar-refractivity contribution >= 4 is 17.6 Å². The molecule has 3 amide bonds. The van der Waals surface area contributed by atoms with Crippen LogP contribution in [0.1, 0.15) is 34.9 Å². The molecule has 40 heavy (non-hydrogen) atoms. The highest BCUT2D eigenvalue weighted by molar-refractivity contribution is 5.90. The highest BCUT2D eigenvalue weighted by Crippen LogP contribution is 2.29. The Morgan fingerprint density at radius 2 is 1.45 bits per heavy atom. The Hall–Kier alpha value is -4.36. The van der Waals surface area contributed by atoms with Crippen molar-refractivity contribution in [2.24, 2.45) is 0 Å². The van der Waals surface area contributed by atoms with Crippen molar-refractivity contribution < 1.29 is 14.0 Å². The topological polar surface area (TPSA) is 69.0 Å². The van der Waals surface area contributed by atoms with Gasteiger partial charge in [-0.15, -0.1) is 0 Å². The Bertz CT molecular complexity index is 1330. The lowest BCUT2D eigenvalue weighted by Crippen LogP contribution is -2.50. The molecule has 0 atom stereocenters. The first kappa shape index (κ1) is 27.2. The van der Waals surface area contributed by atoms with Crippen LogP contribution in [0.4, 0.5) is 10.5 Å². The maximum atomic E-state index is 13.3. The number of nitrogens with zero attached hydrogens (tertiary/aromatic N) is 3. The van der Waals surface area contributed by atoms with Crippen LogP contribution in [0.15, 0.2) is 108 Å². The van der Waals surface area contributed by atoms with E-state index in [1.165, 1.54) is 11.1 Å². The quantitative estimate of drug-likeness (QED) is 0.287. The number of hydrogen-bond acceptors (Lipinski definition) is 4. The minimum Gasteiger partial charge on any atom is -0.467 e. The Labute approximate surface area is 236 Å². The molecule has 0 radical (unpaired) electrons. The van der Waals surface area contributed by atoms with E-state index in [2.05, 4.69) is 58.7 Å². The third-order valence-corrected chi connectivity index (χ3v) is 7.46. The largest absolute Gasteiger partial charge is 0.467 e. The summed E-state index contributed by atoms with van der Waals surface area (Å²) < 4.78 is 5.50. The third kappa shape index (κ3) is 6.79. The first-order valence-corrected chi connectivity index (χ1v) is 13.8. The van der Waals surface area contributed by atoms with Gasteiger partial charge in [-0.05, 0) is 41.8 Å². The van der Waals surface area contributed by atoms with Gasteiger partial charge in [-0.2, -0.15) is 0 Å². The van der Waals surface area contributed by atoms with Gasteiger partial charge in [0.25, 0.3) is 0 Å². The second-order valence-corrected chi connectivity index (χ2v) is 10.1. The van der Waals surface area contributed by atoms with Crippen molar-refractivity contribution in [3.8, 4) is 0 Å². The smallest absolute Gasteiger partial charge is 0.322 e. The minimum atomic E-state index is -0.253. The number of rotatable bonds is 9. The average Bonchev–Trinajstić information content (AvgIpc) is 3.51. The first-order chi connectivity index (χ1) is 19.6. The number of piperazine rings is 1. The standard InChI is InChI=1S/C33H36N4O3/c1-26-11-8-9-17-30(26)34-33(39)37(25-29-16-10-24-40-29)19-18-31(38)35-20-22-36(23-21-35)32(27-12-4-2-5-13-27)28-14-6-3-7-15-28/h2-17,24,32H,18-23,25H2,1H3,(H,34,39). The molecule has 1 N–H and O–H groups in total. The van der Waals surface area contributed by atoms with Crippen molar-refractivity contribution in [3.05, 3.63) is 126 Å². The van der Waals surface area contributed by atoms with Crippen LogP contribution in [0.25, 0.3) is 0 Å². The normalized spacial score (nSPS) is 13.8. The molecule has 5 rings (SSSR count). The molecule has 1 aromatic heterocycles. The van der Waals surface area contributed by atoms with Gasteiger partial charge in [-0.25, -0.2) is 4.79 Å². The number of carbonyl (C=O) groups excluding carboxylic acids is 2. The molecule has 0 unspecified atom stereocenters. The fraction of sp³-hybridized carbons (Fsp3) is 0.273. The van der Waals surface area contributed by atoms with Crippen LogP contribution in [0, 0.1) is 6.92 Å². The molecule has 2 heterocycles. The van der Waals surface area contributed by atoms with Gasteiger partial charge >= 0.3 is 6.03 Å². The molecule has 1 aliphatic heterocycles. The van der Waals surface area contributed by atoms with Gasteiger partial charge in [-0.3, -0.25) is 9.69 Å². The molecule has 1 saturated heterocycles. The number of para-hydroxylation sites is 1. The molecule has 1 aliphatic rings. The number of hydrogen-bond donors (Lipinski definition) is 1. The van der Waals surface area contributed by atoms with Gasteiger partial charge in [-0.1, -0.05) is 78.9 Å². The Kier molecular flexibility index (Phi) is 8.93. The zero-order valence-corrected chi connectivity index (χ0v) is 22.9. The van der Waals surface area contributed by atoms with E-state index in [1.54, 1.807) is 17.2 Å². The summed E-state index contributed by atoms with van der Waals surface area (Å²) in [5.74, 6) is 0.734. The van der Waals surface area contributed by atoms with E-state index < -0.39 is 0 Å². The van der Waals surface area contributed by atoms with Gasteiger partial charge in [0.15, 0.2) is 0 Å². The summed E-state index contributed by atoms with van der Waals surface area (Å²) in [5.41, 5.74) is 4.24. The Balaban J connectivity index is 1.20. The summed E-state index contributed by atoms with van der Waals surface area (Å²) in [4.78, 5) is 32.5. The molecule has 0 aliphatic carbocycles. The van der Waals surface area contributed by atoms with E-state index in [9.17, 15) is 9.59 Å². The summed E-state index contributed by atoms with van der Waals surface area (Å²) in [7, 11) is 0. The lowest BCUT2D eigenvalue weighted by molar-refractivity contribution is -0.133.